The van der Waals surface area contributed by atoms with Crippen LogP contribution in [-0.4, -0.2) is 31.7 Å². The topological polar surface area (TPSA) is 82.5 Å². The molecule has 1 N–H and O–H groups in total. The van der Waals surface area contributed by atoms with Crippen LogP contribution in [0.15, 0.2) is 95.9 Å². The lowest BCUT2D eigenvalue weighted by molar-refractivity contribution is 0.307. The SMILES string of the molecule is CCCCCCOc1cc2c(cc1NS(=O)(=O)c1ccc(Cl)cc1)nc(-c1ccccc1)n2-c1ccc(OC)cc1. The van der Waals surface area contributed by atoms with E-state index in [9.17, 15) is 8.42 Å². The van der Waals surface area contributed by atoms with Gasteiger partial charge in [-0.25, -0.2) is 13.4 Å². The molecule has 0 fully saturated rings. The summed E-state index contributed by atoms with van der Waals surface area (Å²) in [4.78, 5) is 5.06. The fraction of sp³-hybridized carbons (Fsp3) is 0.219. The van der Waals surface area contributed by atoms with Gasteiger partial charge in [-0.15, -0.1) is 0 Å². The van der Waals surface area contributed by atoms with E-state index in [0.29, 0.717) is 28.6 Å². The van der Waals surface area contributed by atoms with Gasteiger partial charge in [-0.3, -0.25) is 9.29 Å². The van der Waals surface area contributed by atoms with E-state index in [0.717, 1.165) is 54.0 Å². The van der Waals surface area contributed by atoms with Crippen LogP contribution in [0.3, 0.4) is 0 Å². The second-order valence-electron chi connectivity index (χ2n) is 9.64. The first kappa shape index (κ1) is 28.5. The molecule has 0 amide bonds. The number of fused-ring (bicyclic) bond motifs is 1. The number of imidazole rings is 1. The molecule has 7 nitrogen and oxygen atoms in total. The first-order chi connectivity index (χ1) is 19.9. The predicted molar refractivity (Wildman–Crippen MR) is 165 cm³/mol. The smallest absolute Gasteiger partial charge is 0.262 e. The van der Waals surface area contributed by atoms with Gasteiger partial charge in [0.2, 0.25) is 0 Å². The fourth-order valence-corrected chi connectivity index (χ4v) is 5.79. The van der Waals surface area contributed by atoms with Crippen LogP contribution < -0.4 is 14.2 Å². The highest BCUT2D eigenvalue weighted by molar-refractivity contribution is 7.92. The molecule has 0 bridgehead atoms. The Labute approximate surface area is 245 Å². The van der Waals surface area contributed by atoms with Gasteiger partial charge in [0.1, 0.15) is 17.3 Å². The number of benzene rings is 4. The molecule has 1 heterocycles. The Balaban J connectivity index is 1.64. The summed E-state index contributed by atoms with van der Waals surface area (Å²) in [5, 5.41) is 0.457. The van der Waals surface area contributed by atoms with Crippen molar-refractivity contribution >= 4 is 38.3 Å². The second-order valence-corrected chi connectivity index (χ2v) is 11.8. The minimum atomic E-state index is -3.91. The van der Waals surface area contributed by atoms with Gasteiger partial charge in [-0.2, -0.15) is 0 Å². The van der Waals surface area contributed by atoms with Crippen molar-refractivity contribution in [3.63, 3.8) is 0 Å². The molecule has 1 aromatic heterocycles. The summed E-state index contributed by atoms with van der Waals surface area (Å²) in [6, 6.07) is 27.2. The average Bonchev–Trinajstić information content (AvgIpc) is 3.35. The van der Waals surface area contributed by atoms with Crippen LogP contribution in [0.25, 0.3) is 28.1 Å². The molecule has 0 saturated heterocycles. The van der Waals surface area contributed by atoms with E-state index in [1.165, 1.54) is 12.1 Å². The molecule has 0 saturated carbocycles. The molecule has 0 aliphatic heterocycles. The third-order valence-corrected chi connectivity index (χ3v) is 8.38. The second kappa shape index (κ2) is 12.7. The van der Waals surface area contributed by atoms with Crippen molar-refractivity contribution in [3.8, 4) is 28.6 Å². The van der Waals surface area contributed by atoms with Crippen molar-refractivity contribution in [1.82, 2.24) is 9.55 Å². The highest BCUT2D eigenvalue weighted by Crippen LogP contribution is 2.37. The van der Waals surface area contributed by atoms with Crippen molar-refractivity contribution in [1.29, 1.82) is 0 Å². The van der Waals surface area contributed by atoms with Gasteiger partial charge in [0, 0.05) is 22.3 Å². The summed E-state index contributed by atoms with van der Waals surface area (Å²) in [7, 11) is -2.28. The van der Waals surface area contributed by atoms with Gasteiger partial charge in [-0.05, 0) is 61.0 Å². The number of ether oxygens (including phenoxy) is 2. The largest absolute Gasteiger partial charge is 0.497 e. The number of nitrogens with zero attached hydrogens (tertiary/aromatic N) is 2. The first-order valence-corrected chi connectivity index (χ1v) is 15.4. The highest BCUT2D eigenvalue weighted by Gasteiger charge is 2.21. The van der Waals surface area contributed by atoms with Crippen LogP contribution in [-0.2, 0) is 10.0 Å². The zero-order chi connectivity index (χ0) is 28.8. The van der Waals surface area contributed by atoms with Gasteiger partial charge in [0.05, 0.1) is 35.3 Å². The lowest BCUT2D eigenvalue weighted by atomic mass is 10.2. The highest BCUT2D eigenvalue weighted by atomic mass is 35.5. The number of hydrogen-bond acceptors (Lipinski definition) is 5. The van der Waals surface area contributed by atoms with Crippen LogP contribution >= 0.6 is 11.6 Å². The maximum atomic E-state index is 13.3. The number of halogens is 1. The quantitative estimate of drug-likeness (QED) is 0.149. The number of aromatic nitrogens is 2. The van der Waals surface area contributed by atoms with Crippen molar-refractivity contribution in [2.24, 2.45) is 0 Å². The zero-order valence-corrected chi connectivity index (χ0v) is 24.6. The van der Waals surface area contributed by atoms with Gasteiger partial charge in [-0.1, -0.05) is 68.1 Å². The normalized spacial score (nSPS) is 11.5. The van der Waals surface area contributed by atoms with Crippen molar-refractivity contribution in [2.75, 3.05) is 18.4 Å². The molecular formula is C32H32ClN3O4S. The van der Waals surface area contributed by atoms with E-state index in [4.69, 9.17) is 26.1 Å². The number of methoxy groups -OCH3 is 1. The minimum absolute atomic E-state index is 0.102. The number of hydrogen-bond donors (Lipinski definition) is 1. The Bertz CT molecular complexity index is 1720. The molecule has 0 unspecified atom stereocenters. The Hall–Kier alpha value is -4.01. The molecular weight excluding hydrogens is 558 g/mol. The zero-order valence-electron chi connectivity index (χ0n) is 23.0. The van der Waals surface area contributed by atoms with E-state index >= 15 is 0 Å². The molecule has 212 valence electrons. The lowest BCUT2D eigenvalue weighted by Crippen LogP contribution is -2.14. The summed E-state index contributed by atoms with van der Waals surface area (Å²) in [5.74, 6) is 1.90. The average molecular weight is 590 g/mol. The summed E-state index contributed by atoms with van der Waals surface area (Å²) in [6.07, 6.45) is 4.12. The van der Waals surface area contributed by atoms with E-state index in [-0.39, 0.29) is 4.90 Å². The Morgan fingerprint density at radius 3 is 2.32 bits per heavy atom. The van der Waals surface area contributed by atoms with Gasteiger partial charge in [0.25, 0.3) is 10.0 Å². The Kier molecular flexibility index (Phi) is 8.81. The summed E-state index contributed by atoms with van der Waals surface area (Å²) in [5.41, 5.74) is 3.53. The summed E-state index contributed by atoms with van der Waals surface area (Å²) in [6.45, 7) is 2.62. The van der Waals surface area contributed by atoms with Crippen molar-refractivity contribution < 1.29 is 17.9 Å². The van der Waals surface area contributed by atoms with Gasteiger partial charge < -0.3 is 9.47 Å². The molecule has 4 aromatic carbocycles. The first-order valence-electron chi connectivity index (χ1n) is 13.6. The number of anilines is 1. The molecule has 0 atom stereocenters. The summed E-state index contributed by atoms with van der Waals surface area (Å²) >= 11 is 5.99. The van der Waals surface area contributed by atoms with Gasteiger partial charge in [0.15, 0.2) is 0 Å². The molecule has 0 aliphatic rings. The maximum absolute atomic E-state index is 13.3. The molecule has 41 heavy (non-hydrogen) atoms. The number of rotatable bonds is 12. The molecule has 0 spiro atoms. The Morgan fingerprint density at radius 1 is 0.902 bits per heavy atom. The third-order valence-electron chi connectivity index (χ3n) is 6.74. The van der Waals surface area contributed by atoms with E-state index in [2.05, 4.69) is 11.6 Å². The van der Waals surface area contributed by atoms with Crippen LogP contribution in [0.1, 0.15) is 32.6 Å². The van der Waals surface area contributed by atoms with E-state index < -0.39 is 10.0 Å². The standard InChI is InChI=1S/C32H32ClN3O4S/c1-3-4-5-9-20-40-31-22-30-28(21-29(31)35-41(37,38)27-18-12-24(33)13-19-27)34-32(23-10-7-6-8-11-23)36(30)25-14-16-26(39-2)17-15-25/h6-8,10-19,21-22,35H,3-5,9,20H2,1-2H3. The number of sulfonamides is 1. The number of unbranched alkanes of at least 4 members (excludes halogenated alkanes) is 3. The fourth-order valence-electron chi connectivity index (χ4n) is 4.61. The van der Waals surface area contributed by atoms with Crippen LogP contribution in [0.5, 0.6) is 11.5 Å². The van der Waals surface area contributed by atoms with Crippen molar-refractivity contribution in [2.45, 2.75) is 37.5 Å². The predicted octanol–water partition coefficient (Wildman–Crippen LogP) is 8.11. The van der Waals surface area contributed by atoms with Crippen LogP contribution in [0, 0.1) is 0 Å². The molecule has 9 heteroatoms. The molecule has 5 aromatic rings. The van der Waals surface area contributed by atoms with E-state index in [1.54, 1.807) is 25.3 Å². The minimum Gasteiger partial charge on any atom is -0.497 e. The monoisotopic (exact) mass is 589 g/mol. The lowest BCUT2D eigenvalue weighted by Gasteiger charge is -2.15. The van der Waals surface area contributed by atoms with E-state index in [1.807, 2.05) is 65.2 Å². The van der Waals surface area contributed by atoms with Crippen LogP contribution in [0.2, 0.25) is 5.02 Å². The van der Waals surface area contributed by atoms with Crippen molar-refractivity contribution in [3.05, 3.63) is 96.0 Å². The van der Waals surface area contributed by atoms with Crippen LogP contribution in [0.4, 0.5) is 5.69 Å². The molecule has 0 aliphatic carbocycles. The Morgan fingerprint density at radius 2 is 1.63 bits per heavy atom. The molecule has 5 rings (SSSR count). The summed E-state index contributed by atoms with van der Waals surface area (Å²) < 4.78 is 43.1. The number of nitrogens with one attached hydrogen (secondary N) is 1. The molecule has 0 radical (unpaired) electrons. The van der Waals surface area contributed by atoms with Gasteiger partial charge >= 0.3 is 0 Å². The maximum Gasteiger partial charge on any atom is 0.262 e. The third kappa shape index (κ3) is 6.50.